The Morgan fingerprint density at radius 3 is 2.46 bits per heavy atom. The first-order chi connectivity index (χ1) is 11.5. The van der Waals surface area contributed by atoms with Crippen LogP contribution < -0.4 is 10.0 Å². The van der Waals surface area contributed by atoms with Gasteiger partial charge in [-0.2, -0.15) is 0 Å². The summed E-state index contributed by atoms with van der Waals surface area (Å²) in [4.78, 5) is 12.1. The van der Waals surface area contributed by atoms with Gasteiger partial charge < -0.3 is 5.32 Å². The van der Waals surface area contributed by atoms with E-state index in [-0.39, 0.29) is 11.7 Å². The SMILES string of the molecule is CNS(=O)(=O)Cc1ccccc1CNC(=O)CCC1CCCCC1. The summed E-state index contributed by atoms with van der Waals surface area (Å²) in [6.45, 7) is 0.374. The number of hydrogen-bond acceptors (Lipinski definition) is 3. The van der Waals surface area contributed by atoms with Gasteiger partial charge in [0.05, 0.1) is 5.75 Å². The van der Waals surface area contributed by atoms with Crippen LogP contribution >= 0.6 is 0 Å². The molecular weight excluding hydrogens is 324 g/mol. The molecule has 1 aliphatic carbocycles. The molecule has 0 aromatic heterocycles. The molecule has 1 aromatic carbocycles. The Morgan fingerprint density at radius 2 is 1.79 bits per heavy atom. The number of carbonyl (C=O) groups is 1. The largest absolute Gasteiger partial charge is 0.352 e. The molecule has 1 amide bonds. The van der Waals surface area contributed by atoms with Crippen molar-refractivity contribution in [3.05, 3.63) is 35.4 Å². The maximum atomic E-state index is 12.1. The highest BCUT2D eigenvalue weighted by Gasteiger charge is 2.15. The molecular formula is C18H28N2O3S. The summed E-state index contributed by atoms with van der Waals surface area (Å²) in [7, 11) is -1.91. The number of carbonyl (C=O) groups excluding carboxylic acids is 1. The molecule has 0 radical (unpaired) electrons. The molecule has 6 heteroatoms. The van der Waals surface area contributed by atoms with E-state index in [0.29, 0.717) is 18.9 Å². The zero-order chi connectivity index (χ0) is 17.4. The molecule has 1 aliphatic rings. The van der Waals surface area contributed by atoms with Gasteiger partial charge in [-0.05, 0) is 30.5 Å². The fraction of sp³-hybridized carbons (Fsp3) is 0.611. The van der Waals surface area contributed by atoms with Gasteiger partial charge >= 0.3 is 0 Å². The molecule has 0 aliphatic heterocycles. The smallest absolute Gasteiger partial charge is 0.220 e. The Hall–Kier alpha value is -1.40. The third kappa shape index (κ3) is 6.24. The lowest BCUT2D eigenvalue weighted by molar-refractivity contribution is -0.121. The second kappa shape index (κ2) is 9.18. The third-order valence-electron chi connectivity index (χ3n) is 4.76. The van der Waals surface area contributed by atoms with Crippen molar-refractivity contribution >= 4 is 15.9 Å². The number of amides is 1. The Kier molecular flexibility index (Phi) is 7.24. The summed E-state index contributed by atoms with van der Waals surface area (Å²) >= 11 is 0. The van der Waals surface area contributed by atoms with Crippen molar-refractivity contribution < 1.29 is 13.2 Å². The Bertz CT molecular complexity index is 637. The van der Waals surface area contributed by atoms with E-state index in [9.17, 15) is 13.2 Å². The van der Waals surface area contributed by atoms with Gasteiger partial charge in [0.1, 0.15) is 0 Å². The van der Waals surface area contributed by atoms with Crippen molar-refractivity contribution in [2.75, 3.05) is 7.05 Å². The summed E-state index contributed by atoms with van der Waals surface area (Å²) in [5.74, 6) is 0.668. The first kappa shape index (κ1) is 18.9. The number of hydrogen-bond donors (Lipinski definition) is 2. The van der Waals surface area contributed by atoms with E-state index < -0.39 is 10.0 Å². The molecule has 1 aromatic rings. The fourth-order valence-corrected chi connectivity index (χ4v) is 4.08. The Balaban J connectivity index is 1.83. The van der Waals surface area contributed by atoms with Crippen LogP contribution in [-0.2, 0) is 27.1 Å². The highest BCUT2D eigenvalue weighted by Crippen LogP contribution is 2.27. The molecule has 1 saturated carbocycles. The highest BCUT2D eigenvalue weighted by molar-refractivity contribution is 7.88. The number of rotatable bonds is 8. The van der Waals surface area contributed by atoms with E-state index in [2.05, 4.69) is 10.0 Å². The van der Waals surface area contributed by atoms with Crippen LogP contribution in [0.15, 0.2) is 24.3 Å². The first-order valence-electron chi connectivity index (χ1n) is 8.75. The van der Waals surface area contributed by atoms with Crippen LogP contribution in [-0.4, -0.2) is 21.4 Å². The number of nitrogens with one attached hydrogen (secondary N) is 2. The standard InChI is InChI=1S/C18H28N2O3S/c1-19-24(22,23)14-17-10-6-5-9-16(17)13-20-18(21)12-11-15-7-3-2-4-8-15/h5-6,9-10,15,19H,2-4,7-8,11-14H2,1H3,(H,20,21). The molecule has 0 heterocycles. The summed E-state index contributed by atoms with van der Waals surface area (Å²) in [5, 5.41) is 2.93. The Labute approximate surface area is 145 Å². The quantitative estimate of drug-likeness (QED) is 0.755. The molecule has 0 spiro atoms. The van der Waals surface area contributed by atoms with Gasteiger partial charge in [-0.3, -0.25) is 4.79 Å². The van der Waals surface area contributed by atoms with E-state index in [1.54, 1.807) is 6.07 Å². The third-order valence-corrected chi connectivity index (χ3v) is 6.07. The van der Waals surface area contributed by atoms with Gasteiger partial charge in [-0.1, -0.05) is 56.4 Å². The average molecular weight is 353 g/mol. The van der Waals surface area contributed by atoms with Gasteiger partial charge in [-0.15, -0.1) is 0 Å². The minimum Gasteiger partial charge on any atom is -0.352 e. The lowest BCUT2D eigenvalue weighted by Crippen LogP contribution is -2.25. The highest BCUT2D eigenvalue weighted by atomic mass is 32.2. The summed E-state index contributed by atoms with van der Waals surface area (Å²) in [5.41, 5.74) is 1.57. The molecule has 24 heavy (non-hydrogen) atoms. The van der Waals surface area contributed by atoms with Crippen molar-refractivity contribution in [1.82, 2.24) is 10.0 Å². The van der Waals surface area contributed by atoms with Gasteiger partial charge in [0, 0.05) is 13.0 Å². The van der Waals surface area contributed by atoms with Gasteiger partial charge in [0.15, 0.2) is 0 Å². The molecule has 2 rings (SSSR count). The van der Waals surface area contributed by atoms with Crippen molar-refractivity contribution in [3.8, 4) is 0 Å². The zero-order valence-corrected chi connectivity index (χ0v) is 15.2. The average Bonchev–Trinajstić information content (AvgIpc) is 2.60. The van der Waals surface area contributed by atoms with E-state index in [1.165, 1.54) is 39.2 Å². The van der Waals surface area contributed by atoms with Crippen molar-refractivity contribution in [2.24, 2.45) is 5.92 Å². The fourth-order valence-electron chi connectivity index (χ4n) is 3.24. The Morgan fingerprint density at radius 1 is 1.12 bits per heavy atom. The molecule has 0 atom stereocenters. The van der Waals surface area contributed by atoms with Gasteiger partial charge in [0.25, 0.3) is 0 Å². The maximum absolute atomic E-state index is 12.1. The maximum Gasteiger partial charge on any atom is 0.220 e. The molecule has 2 N–H and O–H groups in total. The van der Waals surface area contributed by atoms with Crippen LogP contribution in [0.5, 0.6) is 0 Å². The van der Waals surface area contributed by atoms with Crippen LogP contribution in [0.4, 0.5) is 0 Å². The van der Waals surface area contributed by atoms with Gasteiger partial charge in [0.2, 0.25) is 15.9 Å². The summed E-state index contributed by atoms with van der Waals surface area (Å²) < 4.78 is 25.8. The predicted molar refractivity (Wildman–Crippen MR) is 95.8 cm³/mol. The normalized spacial score (nSPS) is 16.0. The minimum absolute atomic E-state index is 0.0480. The molecule has 134 valence electrons. The van der Waals surface area contributed by atoms with Crippen molar-refractivity contribution in [2.45, 2.75) is 57.2 Å². The zero-order valence-electron chi connectivity index (χ0n) is 14.4. The molecule has 0 unspecified atom stereocenters. The van der Waals surface area contributed by atoms with E-state index in [0.717, 1.165) is 17.5 Å². The summed E-state index contributed by atoms with van der Waals surface area (Å²) in [6, 6.07) is 7.33. The van der Waals surface area contributed by atoms with Crippen molar-refractivity contribution in [3.63, 3.8) is 0 Å². The van der Waals surface area contributed by atoms with E-state index >= 15 is 0 Å². The molecule has 5 nitrogen and oxygen atoms in total. The van der Waals surface area contributed by atoms with Crippen molar-refractivity contribution in [1.29, 1.82) is 0 Å². The lowest BCUT2D eigenvalue weighted by atomic mass is 9.86. The topological polar surface area (TPSA) is 75.3 Å². The first-order valence-corrected chi connectivity index (χ1v) is 10.4. The second-order valence-corrected chi connectivity index (χ2v) is 8.48. The predicted octanol–water partition coefficient (Wildman–Crippen LogP) is 2.71. The van der Waals surface area contributed by atoms with E-state index in [1.807, 2.05) is 18.2 Å². The second-order valence-electron chi connectivity index (χ2n) is 6.55. The van der Waals surface area contributed by atoms with Crippen LogP contribution in [0.1, 0.15) is 56.1 Å². The van der Waals surface area contributed by atoms with Crippen LogP contribution in [0.2, 0.25) is 0 Å². The number of sulfonamides is 1. The van der Waals surface area contributed by atoms with E-state index in [4.69, 9.17) is 0 Å². The molecule has 0 bridgehead atoms. The lowest BCUT2D eigenvalue weighted by Gasteiger charge is -2.21. The molecule has 0 saturated heterocycles. The van der Waals surface area contributed by atoms with Crippen LogP contribution in [0.3, 0.4) is 0 Å². The van der Waals surface area contributed by atoms with Gasteiger partial charge in [-0.25, -0.2) is 13.1 Å². The monoisotopic (exact) mass is 352 g/mol. The molecule has 1 fully saturated rings. The summed E-state index contributed by atoms with van der Waals surface area (Å²) in [6.07, 6.45) is 7.92. The minimum atomic E-state index is -3.32. The van der Waals surface area contributed by atoms with Crippen LogP contribution in [0.25, 0.3) is 0 Å². The number of benzene rings is 1. The van der Waals surface area contributed by atoms with Crippen LogP contribution in [0, 0.1) is 5.92 Å².